The molecule has 0 bridgehead atoms. The molecule has 0 saturated carbocycles. The maximum absolute atomic E-state index is 5.55. The molecule has 4 heteroatoms. The molecule has 2 rings (SSSR count). The standard InChI is InChI=1S/C17H23N3O/c1-3-21-16-11-7-12-18-17(16)19-13-8-14-20(2)15-9-5-4-6-10-15/h4-7,9-12H,3,8,13-14H2,1-2H3,(H,18,19). The molecule has 0 atom stereocenters. The van der Waals surface area contributed by atoms with Gasteiger partial charge in [-0.05, 0) is 37.6 Å². The van der Waals surface area contributed by atoms with Crippen LogP contribution >= 0.6 is 0 Å². The minimum atomic E-state index is 0.650. The molecule has 0 spiro atoms. The number of rotatable bonds is 8. The number of hydrogen-bond donors (Lipinski definition) is 1. The van der Waals surface area contributed by atoms with E-state index in [0.29, 0.717) is 6.61 Å². The van der Waals surface area contributed by atoms with Gasteiger partial charge < -0.3 is 15.0 Å². The fourth-order valence-electron chi connectivity index (χ4n) is 2.13. The van der Waals surface area contributed by atoms with Crippen molar-refractivity contribution in [1.29, 1.82) is 0 Å². The smallest absolute Gasteiger partial charge is 0.168 e. The summed E-state index contributed by atoms with van der Waals surface area (Å²) in [5.74, 6) is 1.64. The number of para-hydroxylation sites is 1. The molecule has 0 amide bonds. The molecule has 2 aromatic rings. The van der Waals surface area contributed by atoms with Crippen molar-refractivity contribution in [2.75, 3.05) is 37.0 Å². The van der Waals surface area contributed by atoms with Crippen LogP contribution in [0.1, 0.15) is 13.3 Å². The Morgan fingerprint density at radius 3 is 2.71 bits per heavy atom. The van der Waals surface area contributed by atoms with Crippen LogP contribution in [0.3, 0.4) is 0 Å². The Bertz CT molecular complexity index is 531. The summed E-state index contributed by atoms with van der Waals surface area (Å²) in [6.45, 7) is 4.49. The first-order valence-electron chi connectivity index (χ1n) is 7.39. The second-order valence-corrected chi connectivity index (χ2v) is 4.82. The van der Waals surface area contributed by atoms with E-state index < -0.39 is 0 Å². The van der Waals surface area contributed by atoms with Crippen LogP contribution in [-0.2, 0) is 0 Å². The molecule has 0 saturated heterocycles. The molecule has 0 aliphatic rings. The van der Waals surface area contributed by atoms with E-state index in [1.807, 2.05) is 25.1 Å². The summed E-state index contributed by atoms with van der Waals surface area (Å²) in [6.07, 6.45) is 2.81. The van der Waals surface area contributed by atoms with Crippen LogP contribution in [0, 0.1) is 0 Å². The number of hydrogen-bond acceptors (Lipinski definition) is 4. The fraction of sp³-hybridized carbons (Fsp3) is 0.353. The van der Waals surface area contributed by atoms with Crippen molar-refractivity contribution in [2.45, 2.75) is 13.3 Å². The zero-order chi connectivity index (χ0) is 14.9. The van der Waals surface area contributed by atoms with Crippen molar-refractivity contribution < 1.29 is 4.74 Å². The molecule has 0 aliphatic carbocycles. The molecule has 0 aliphatic heterocycles. The van der Waals surface area contributed by atoms with Crippen molar-refractivity contribution in [2.24, 2.45) is 0 Å². The van der Waals surface area contributed by atoms with Gasteiger partial charge in [0.25, 0.3) is 0 Å². The van der Waals surface area contributed by atoms with Gasteiger partial charge in [-0.1, -0.05) is 18.2 Å². The highest BCUT2D eigenvalue weighted by molar-refractivity contribution is 5.49. The van der Waals surface area contributed by atoms with Crippen molar-refractivity contribution in [1.82, 2.24) is 4.98 Å². The molecule has 1 aromatic heterocycles. The zero-order valence-electron chi connectivity index (χ0n) is 12.7. The molecule has 112 valence electrons. The summed E-state index contributed by atoms with van der Waals surface area (Å²) in [5.41, 5.74) is 1.24. The molecule has 0 radical (unpaired) electrons. The second kappa shape index (κ2) is 8.15. The van der Waals surface area contributed by atoms with Crippen LogP contribution in [0.25, 0.3) is 0 Å². The second-order valence-electron chi connectivity index (χ2n) is 4.82. The third-order valence-corrected chi connectivity index (χ3v) is 3.23. The number of pyridine rings is 1. The molecule has 4 nitrogen and oxygen atoms in total. The van der Waals surface area contributed by atoms with E-state index >= 15 is 0 Å². The predicted octanol–water partition coefficient (Wildman–Crippen LogP) is 3.42. The Balaban J connectivity index is 1.77. The summed E-state index contributed by atoms with van der Waals surface area (Å²) in [5, 5.41) is 3.34. The molecule has 0 fully saturated rings. The van der Waals surface area contributed by atoms with Gasteiger partial charge in [0.1, 0.15) is 0 Å². The average molecular weight is 285 g/mol. The molecule has 21 heavy (non-hydrogen) atoms. The Hall–Kier alpha value is -2.23. The summed E-state index contributed by atoms with van der Waals surface area (Å²) in [4.78, 5) is 6.58. The number of ether oxygens (including phenoxy) is 1. The first-order chi connectivity index (χ1) is 10.3. The lowest BCUT2D eigenvalue weighted by Gasteiger charge is -2.19. The Kier molecular flexibility index (Phi) is 5.88. The van der Waals surface area contributed by atoms with E-state index in [1.54, 1.807) is 6.20 Å². The number of benzene rings is 1. The minimum absolute atomic E-state index is 0.650. The van der Waals surface area contributed by atoms with E-state index in [2.05, 4.69) is 46.5 Å². The molecule has 1 heterocycles. The number of aromatic nitrogens is 1. The van der Waals surface area contributed by atoms with Crippen LogP contribution < -0.4 is 15.0 Å². The topological polar surface area (TPSA) is 37.4 Å². The van der Waals surface area contributed by atoms with Gasteiger partial charge in [-0.25, -0.2) is 4.98 Å². The zero-order valence-corrected chi connectivity index (χ0v) is 12.7. The largest absolute Gasteiger partial charge is 0.490 e. The van der Waals surface area contributed by atoms with E-state index in [-0.39, 0.29) is 0 Å². The van der Waals surface area contributed by atoms with Gasteiger partial charge >= 0.3 is 0 Å². The number of anilines is 2. The van der Waals surface area contributed by atoms with Crippen molar-refractivity contribution in [3.63, 3.8) is 0 Å². The van der Waals surface area contributed by atoms with E-state index in [0.717, 1.165) is 31.1 Å². The van der Waals surface area contributed by atoms with E-state index in [9.17, 15) is 0 Å². The van der Waals surface area contributed by atoms with Gasteiger partial charge in [-0.3, -0.25) is 0 Å². The quantitative estimate of drug-likeness (QED) is 0.754. The lowest BCUT2D eigenvalue weighted by atomic mass is 10.3. The van der Waals surface area contributed by atoms with Gasteiger partial charge in [0, 0.05) is 32.0 Å². The summed E-state index contributed by atoms with van der Waals surface area (Å²) in [6, 6.07) is 14.2. The minimum Gasteiger partial charge on any atom is -0.490 e. The normalized spacial score (nSPS) is 10.2. The van der Waals surface area contributed by atoms with Gasteiger partial charge in [-0.15, -0.1) is 0 Å². The predicted molar refractivity (Wildman–Crippen MR) is 88.2 cm³/mol. The summed E-state index contributed by atoms with van der Waals surface area (Å²) < 4.78 is 5.55. The van der Waals surface area contributed by atoms with E-state index in [1.165, 1.54) is 5.69 Å². The highest BCUT2D eigenvalue weighted by atomic mass is 16.5. The monoisotopic (exact) mass is 285 g/mol. The molecular weight excluding hydrogens is 262 g/mol. The highest BCUT2D eigenvalue weighted by Gasteiger charge is 2.03. The van der Waals surface area contributed by atoms with Crippen molar-refractivity contribution in [3.05, 3.63) is 48.7 Å². The molecule has 1 aromatic carbocycles. The first-order valence-corrected chi connectivity index (χ1v) is 7.39. The number of nitrogens with one attached hydrogen (secondary N) is 1. The lowest BCUT2D eigenvalue weighted by molar-refractivity contribution is 0.340. The number of nitrogens with zero attached hydrogens (tertiary/aromatic N) is 2. The molecule has 0 unspecified atom stereocenters. The third kappa shape index (κ3) is 4.67. The Morgan fingerprint density at radius 2 is 1.95 bits per heavy atom. The summed E-state index contributed by atoms with van der Waals surface area (Å²) >= 11 is 0. The fourth-order valence-corrected chi connectivity index (χ4v) is 2.13. The van der Waals surface area contributed by atoms with Crippen LogP contribution in [0.5, 0.6) is 5.75 Å². The van der Waals surface area contributed by atoms with Crippen LogP contribution in [0.2, 0.25) is 0 Å². The summed E-state index contributed by atoms with van der Waals surface area (Å²) in [7, 11) is 2.11. The van der Waals surface area contributed by atoms with Crippen LogP contribution in [0.4, 0.5) is 11.5 Å². The molecular formula is C17H23N3O. The maximum Gasteiger partial charge on any atom is 0.168 e. The third-order valence-electron chi connectivity index (χ3n) is 3.23. The van der Waals surface area contributed by atoms with Crippen LogP contribution in [0.15, 0.2) is 48.7 Å². The first kappa shape index (κ1) is 15.2. The maximum atomic E-state index is 5.55. The van der Waals surface area contributed by atoms with Crippen LogP contribution in [-0.4, -0.2) is 31.7 Å². The Labute approximate surface area is 126 Å². The SMILES string of the molecule is CCOc1cccnc1NCCCN(C)c1ccccc1. The van der Waals surface area contributed by atoms with Crippen molar-refractivity contribution >= 4 is 11.5 Å². The lowest BCUT2D eigenvalue weighted by Crippen LogP contribution is -2.20. The highest BCUT2D eigenvalue weighted by Crippen LogP contribution is 2.20. The van der Waals surface area contributed by atoms with Gasteiger partial charge in [-0.2, -0.15) is 0 Å². The Morgan fingerprint density at radius 1 is 1.14 bits per heavy atom. The average Bonchev–Trinajstić information content (AvgIpc) is 2.54. The van der Waals surface area contributed by atoms with Gasteiger partial charge in [0.05, 0.1) is 6.61 Å². The van der Waals surface area contributed by atoms with Gasteiger partial charge in [0.2, 0.25) is 0 Å². The van der Waals surface area contributed by atoms with E-state index in [4.69, 9.17) is 4.74 Å². The van der Waals surface area contributed by atoms with Crippen molar-refractivity contribution in [3.8, 4) is 5.75 Å². The molecule has 1 N–H and O–H groups in total. The van der Waals surface area contributed by atoms with Gasteiger partial charge in [0.15, 0.2) is 11.6 Å².